The van der Waals surface area contributed by atoms with E-state index in [0.29, 0.717) is 17.3 Å². The number of ether oxygens (including phenoxy) is 1. The normalized spacial score (nSPS) is 12.3. The number of halogens is 1. The molecule has 0 aromatic heterocycles. The molecule has 0 bridgehead atoms. The van der Waals surface area contributed by atoms with Crippen LogP contribution in [0.3, 0.4) is 0 Å². The van der Waals surface area contributed by atoms with E-state index in [-0.39, 0.29) is 11.8 Å². The van der Waals surface area contributed by atoms with E-state index < -0.39 is 6.04 Å². The van der Waals surface area contributed by atoms with Gasteiger partial charge in [0.2, 0.25) is 5.91 Å². The van der Waals surface area contributed by atoms with Gasteiger partial charge < -0.3 is 15.8 Å². The minimum Gasteiger partial charge on any atom is -0.495 e. The van der Waals surface area contributed by atoms with E-state index in [1.807, 2.05) is 19.9 Å². The topological polar surface area (TPSA) is 64.3 Å². The van der Waals surface area contributed by atoms with Crippen LogP contribution in [0.4, 0.5) is 0 Å². The minimum absolute atomic E-state index is 0.115. The van der Waals surface area contributed by atoms with Gasteiger partial charge in [0, 0.05) is 6.54 Å². The molecule has 1 atom stereocenters. The molecule has 3 N–H and O–H groups in total. The molecule has 1 rings (SSSR count). The summed E-state index contributed by atoms with van der Waals surface area (Å²) in [5, 5.41) is 3.31. The molecule has 1 amide bonds. The Morgan fingerprint density at radius 3 is 2.67 bits per heavy atom. The second-order valence-corrected chi connectivity index (χ2v) is 4.86. The van der Waals surface area contributed by atoms with E-state index in [2.05, 4.69) is 5.32 Å². The molecule has 0 radical (unpaired) electrons. The molecule has 1 aromatic carbocycles. The molecule has 18 heavy (non-hydrogen) atoms. The average molecular weight is 271 g/mol. The smallest absolute Gasteiger partial charge is 0.237 e. The average Bonchev–Trinajstić information content (AvgIpc) is 2.35. The molecular formula is C13H19ClN2O2. The van der Waals surface area contributed by atoms with Crippen LogP contribution in [0.15, 0.2) is 18.2 Å². The largest absolute Gasteiger partial charge is 0.495 e. The van der Waals surface area contributed by atoms with Crippen molar-refractivity contribution in [2.45, 2.75) is 26.4 Å². The van der Waals surface area contributed by atoms with E-state index >= 15 is 0 Å². The molecule has 1 unspecified atom stereocenters. The first-order valence-electron chi connectivity index (χ1n) is 5.81. The number of nitrogens with one attached hydrogen (secondary N) is 1. The molecule has 0 heterocycles. The number of nitrogens with two attached hydrogens (primary N) is 1. The number of amides is 1. The molecule has 5 heteroatoms. The Kier molecular flexibility index (Phi) is 5.44. The SMILES string of the molecule is COc1ccc(CNC(=O)C(N)C(C)C)cc1Cl. The van der Waals surface area contributed by atoms with Crippen molar-refractivity contribution in [3.05, 3.63) is 28.8 Å². The Hall–Kier alpha value is -1.26. The van der Waals surface area contributed by atoms with E-state index in [1.165, 1.54) is 0 Å². The van der Waals surface area contributed by atoms with E-state index in [9.17, 15) is 4.79 Å². The van der Waals surface area contributed by atoms with Crippen LogP contribution in [0.1, 0.15) is 19.4 Å². The number of benzene rings is 1. The highest BCUT2D eigenvalue weighted by atomic mass is 35.5. The van der Waals surface area contributed by atoms with Gasteiger partial charge in [0.1, 0.15) is 5.75 Å². The quantitative estimate of drug-likeness (QED) is 0.860. The molecule has 0 aliphatic heterocycles. The maximum atomic E-state index is 11.7. The summed E-state index contributed by atoms with van der Waals surface area (Å²) >= 11 is 6.00. The molecule has 0 saturated carbocycles. The van der Waals surface area contributed by atoms with Gasteiger partial charge >= 0.3 is 0 Å². The summed E-state index contributed by atoms with van der Waals surface area (Å²) in [5.41, 5.74) is 6.65. The number of hydrogen-bond donors (Lipinski definition) is 2. The number of hydrogen-bond acceptors (Lipinski definition) is 3. The molecule has 1 aromatic rings. The van der Waals surface area contributed by atoms with Crippen LogP contribution in [0.2, 0.25) is 5.02 Å². The minimum atomic E-state index is -0.487. The predicted molar refractivity (Wildman–Crippen MR) is 72.7 cm³/mol. The van der Waals surface area contributed by atoms with Crippen molar-refractivity contribution < 1.29 is 9.53 Å². The fourth-order valence-corrected chi connectivity index (χ4v) is 1.71. The molecule has 0 fully saturated rings. The Balaban J connectivity index is 2.59. The van der Waals surface area contributed by atoms with Crippen LogP contribution >= 0.6 is 11.6 Å². The van der Waals surface area contributed by atoms with Crippen molar-refractivity contribution >= 4 is 17.5 Å². The van der Waals surface area contributed by atoms with E-state index in [0.717, 1.165) is 5.56 Å². The van der Waals surface area contributed by atoms with Crippen LogP contribution in [0, 0.1) is 5.92 Å². The van der Waals surface area contributed by atoms with Gasteiger partial charge in [-0.1, -0.05) is 31.5 Å². The number of rotatable bonds is 5. The molecule has 4 nitrogen and oxygen atoms in total. The second kappa shape index (κ2) is 6.61. The fourth-order valence-electron chi connectivity index (χ4n) is 1.43. The summed E-state index contributed by atoms with van der Waals surface area (Å²) in [5.74, 6) is 0.576. The van der Waals surface area contributed by atoms with Gasteiger partial charge in [-0.25, -0.2) is 0 Å². The predicted octanol–water partition coefficient (Wildman–Crippen LogP) is 1.95. The first-order valence-corrected chi connectivity index (χ1v) is 6.19. The molecule has 100 valence electrons. The highest BCUT2D eigenvalue weighted by Gasteiger charge is 2.16. The first-order chi connectivity index (χ1) is 8.45. The van der Waals surface area contributed by atoms with Crippen LogP contribution in [0.25, 0.3) is 0 Å². The zero-order valence-electron chi connectivity index (χ0n) is 10.9. The monoisotopic (exact) mass is 270 g/mol. The number of methoxy groups -OCH3 is 1. The van der Waals surface area contributed by atoms with E-state index in [4.69, 9.17) is 22.1 Å². The first kappa shape index (κ1) is 14.8. The number of carbonyl (C=O) groups excluding carboxylic acids is 1. The molecule has 0 aliphatic carbocycles. The van der Waals surface area contributed by atoms with Crippen LogP contribution < -0.4 is 15.8 Å². The third kappa shape index (κ3) is 3.89. The summed E-state index contributed by atoms with van der Waals surface area (Å²) in [4.78, 5) is 11.7. The lowest BCUT2D eigenvalue weighted by Crippen LogP contribution is -2.43. The van der Waals surface area contributed by atoms with Crippen molar-refractivity contribution in [2.75, 3.05) is 7.11 Å². The zero-order valence-corrected chi connectivity index (χ0v) is 11.6. The third-order valence-electron chi connectivity index (χ3n) is 2.70. The Bertz CT molecular complexity index is 421. The Morgan fingerprint density at radius 1 is 1.50 bits per heavy atom. The number of carbonyl (C=O) groups is 1. The molecule has 0 aliphatic rings. The summed E-state index contributed by atoms with van der Waals surface area (Å²) < 4.78 is 5.06. The van der Waals surface area contributed by atoms with Crippen molar-refractivity contribution in [3.63, 3.8) is 0 Å². The zero-order chi connectivity index (χ0) is 13.7. The van der Waals surface area contributed by atoms with Gasteiger partial charge in [0.15, 0.2) is 0 Å². The lowest BCUT2D eigenvalue weighted by molar-refractivity contribution is -0.123. The van der Waals surface area contributed by atoms with Gasteiger partial charge in [0.25, 0.3) is 0 Å². The van der Waals surface area contributed by atoms with Crippen molar-refractivity contribution in [2.24, 2.45) is 11.7 Å². The van der Waals surface area contributed by atoms with Gasteiger partial charge in [-0.15, -0.1) is 0 Å². The second-order valence-electron chi connectivity index (χ2n) is 4.46. The Morgan fingerprint density at radius 2 is 2.17 bits per heavy atom. The van der Waals surface area contributed by atoms with Crippen molar-refractivity contribution in [3.8, 4) is 5.75 Å². The van der Waals surface area contributed by atoms with Crippen molar-refractivity contribution in [1.82, 2.24) is 5.32 Å². The fraction of sp³-hybridized carbons (Fsp3) is 0.462. The van der Waals surface area contributed by atoms with Crippen molar-refractivity contribution in [1.29, 1.82) is 0 Å². The standard InChI is InChI=1S/C13H19ClN2O2/c1-8(2)12(15)13(17)16-7-9-4-5-11(18-3)10(14)6-9/h4-6,8,12H,7,15H2,1-3H3,(H,16,17). The summed E-state index contributed by atoms with van der Waals surface area (Å²) in [6, 6.07) is 4.90. The molecule has 0 spiro atoms. The van der Waals surface area contributed by atoms with Gasteiger partial charge in [-0.05, 0) is 23.6 Å². The summed E-state index contributed by atoms with van der Waals surface area (Å²) in [6.45, 7) is 4.23. The van der Waals surface area contributed by atoms with Crippen LogP contribution in [-0.4, -0.2) is 19.1 Å². The molecular weight excluding hydrogens is 252 g/mol. The summed E-state index contributed by atoms with van der Waals surface area (Å²) in [6.07, 6.45) is 0. The van der Waals surface area contributed by atoms with Gasteiger partial charge in [-0.3, -0.25) is 4.79 Å². The summed E-state index contributed by atoms with van der Waals surface area (Å²) in [7, 11) is 1.56. The highest BCUT2D eigenvalue weighted by molar-refractivity contribution is 6.32. The van der Waals surface area contributed by atoms with E-state index in [1.54, 1.807) is 19.2 Å². The van der Waals surface area contributed by atoms with Gasteiger partial charge in [-0.2, -0.15) is 0 Å². The lowest BCUT2D eigenvalue weighted by atomic mass is 10.0. The molecule has 0 saturated heterocycles. The highest BCUT2D eigenvalue weighted by Crippen LogP contribution is 2.24. The maximum Gasteiger partial charge on any atom is 0.237 e. The van der Waals surface area contributed by atoms with Gasteiger partial charge in [0.05, 0.1) is 18.2 Å². The van der Waals surface area contributed by atoms with Crippen LogP contribution in [0.5, 0.6) is 5.75 Å². The Labute approximate surface area is 112 Å². The van der Waals surface area contributed by atoms with Crippen LogP contribution in [-0.2, 0) is 11.3 Å². The lowest BCUT2D eigenvalue weighted by Gasteiger charge is -2.15. The third-order valence-corrected chi connectivity index (χ3v) is 3.00. The maximum absolute atomic E-state index is 11.7.